The van der Waals surface area contributed by atoms with Crippen LogP contribution < -0.4 is 0 Å². The molecule has 0 aliphatic heterocycles. The Balaban J connectivity index is 3.00. The fraction of sp³-hybridized carbons (Fsp3) is 0.529. The Kier molecular flexibility index (Phi) is 7.57. The van der Waals surface area contributed by atoms with Crippen molar-refractivity contribution in [1.82, 2.24) is 0 Å². The zero-order valence-corrected chi connectivity index (χ0v) is 15.0. The Hall–Kier alpha value is -1.73. The molecule has 1 rings (SSSR count). The number of ketones is 1. The predicted molar refractivity (Wildman–Crippen MR) is 89.3 cm³/mol. The lowest BCUT2D eigenvalue weighted by Gasteiger charge is -2.18. The fourth-order valence-electron chi connectivity index (χ4n) is 2.25. The molecular formula is C17H24O6S. The normalized spacial score (nSPS) is 14.0. The number of rotatable bonds is 9. The number of sulfone groups is 1. The van der Waals surface area contributed by atoms with Crippen LogP contribution in [0.15, 0.2) is 29.2 Å². The van der Waals surface area contributed by atoms with Crippen LogP contribution in [0.4, 0.5) is 0 Å². The number of ether oxygens (including phenoxy) is 1. The zero-order chi connectivity index (χ0) is 18.3. The van der Waals surface area contributed by atoms with Crippen molar-refractivity contribution in [3.8, 4) is 0 Å². The number of esters is 1. The van der Waals surface area contributed by atoms with Gasteiger partial charge in [-0.3, -0.25) is 9.59 Å². The van der Waals surface area contributed by atoms with E-state index in [4.69, 9.17) is 4.74 Å². The van der Waals surface area contributed by atoms with Gasteiger partial charge in [-0.1, -0.05) is 17.7 Å². The molecule has 0 aliphatic rings. The van der Waals surface area contributed by atoms with Crippen molar-refractivity contribution in [2.24, 2.45) is 0 Å². The summed E-state index contributed by atoms with van der Waals surface area (Å²) in [6.45, 7) is 5.11. The quantitative estimate of drug-likeness (QED) is 0.678. The van der Waals surface area contributed by atoms with Crippen LogP contribution in [-0.4, -0.2) is 43.2 Å². The van der Waals surface area contributed by atoms with Crippen molar-refractivity contribution < 1.29 is 27.9 Å². The lowest BCUT2D eigenvalue weighted by molar-refractivity contribution is -0.144. The van der Waals surface area contributed by atoms with Crippen molar-refractivity contribution in [2.75, 3.05) is 6.61 Å². The summed E-state index contributed by atoms with van der Waals surface area (Å²) in [6, 6.07) is 6.18. The first-order chi connectivity index (χ1) is 11.2. The monoisotopic (exact) mass is 356 g/mol. The van der Waals surface area contributed by atoms with E-state index in [-0.39, 0.29) is 30.8 Å². The van der Waals surface area contributed by atoms with Crippen LogP contribution in [0.2, 0.25) is 0 Å². The second kappa shape index (κ2) is 8.94. The van der Waals surface area contributed by atoms with E-state index < -0.39 is 32.9 Å². The SMILES string of the molecule is CCOC(=O)CCC(=O)C(C[C@H](C)O)S(=O)(=O)c1ccc(C)cc1. The smallest absolute Gasteiger partial charge is 0.306 e. The van der Waals surface area contributed by atoms with Gasteiger partial charge in [-0.05, 0) is 39.3 Å². The lowest BCUT2D eigenvalue weighted by atomic mass is 10.1. The molecule has 2 atom stereocenters. The molecule has 0 radical (unpaired) electrons. The third-order valence-corrected chi connectivity index (χ3v) is 5.65. The Labute approximate surface area is 142 Å². The second-order valence-corrected chi connectivity index (χ2v) is 7.83. The molecule has 0 amide bonds. The highest BCUT2D eigenvalue weighted by Crippen LogP contribution is 2.22. The highest BCUT2D eigenvalue weighted by Gasteiger charge is 2.34. The van der Waals surface area contributed by atoms with E-state index in [1.165, 1.54) is 19.1 Å². The molecule has 1 N–H and O–H groups in total. The van der Waals surface area contributed by atoms with Gasteiger partial charge in [-0.25, -0.2) is 8.42 Å². The van der Waals surface area contributed by atoms with Crippen LogP contribution >= 0.6 is 0 Å². The summed E-state index contributed by atoms with van der Waals surface area (Å²) in [5.74, 6) is -1.14. The maximum absolute atomic E-state index is 12.7. The van der Waals surface area contributed by atoms with Crippen molar-refractivity contribution in [2.45, 2.75) is 56.3 Å². The number of aryl methyl sites for hydroxylation is 1. The first kappa shape index (κ1) is 20.3. The number of carbonyl (C=O) groups is 2. The largest absolute Gasteiger partial charge is 0.466 e. The molecule has 6 nitrogen and oxygen atoms in total. The highest BCUT2D eigenvalue weighted by molar-refractivity contribution is 7.92. The molecule has 1 unspecified atom stereocenters. The molecule has 0 spiro atoms. The van der Waals surface area contributed by atoms with E-state index in [1.807, 2.05) is 6.92 Å². The molecule has 0 saturated carbocycles. The minimum absolute atomic E-state index is 0.0308. The molecule has 7 heteroatoms. The number of carbonyl (C=O) groups excluding carboxylic acids is 2. The summed E-state index contributed by atoms with van der Waals surface area (Å²) < 4.78 is 30.2. The van der Waals surface area contributed by atoms with E-state index in [0.29, 0.717) is 0 Å². The summed E-state index contributed by atoms with van der Waals surface area (Å²) in [5, 5.41) is 8.20. The number of Topliss-reactive ketones (excluding diaryl/α,β-unsaturated/α-hetero) is 1. The zero-order valence-electron chi connectivity index (χ0n) is 14.2. The van der Waals surface area contributed by atoms with Crippen LogP contribution in [0.1, 0.15) is 38.7 Å². The van der Waals surface area contributed by atoms with Gasteiger partial charge < -0.3 is 9.84 Å². The molecule has 0 aromatic heterocycles. The Bertz CT molecular complexity index is 661. The number of aliphatic hydroxyl groups excluding tert-OH is 1. The topological polar surface area (TPSA) is 97.7 Å². The van der Waals surface area contributed by atoms with Crippen LogP contribution in [0.5, 0.6) is 0 Å². The third kappa shape index (κ3) is 5.72. The van der Waals surface area contributed by atoms with Gasteiger partial charge >= 0.3 is 5.97 Å². The van der Waals surface area contributed by atoms with E-state index in [0.717, 1.165) is 5.56 Å². The van der Waals surface area contributed by atoms with Gasteiger partial charge in [0.25, 0.3) is 0 Å². The van der Waals surface area contributed by atoms with Crippen LogP contribution in [0.3, 0.4) is 0 Å². The standard InChI is InChI=1S/C17H24O6S/c1-4-23-17(20)10-9-15(19)16(11-13(3)18)24(21,22)14-7-5-12(2)6-8-14/h5-8,13,16,18H,4,9-11H2,1-3H3/t13-,16?/m0/s1. The first-order valence-electron chi connectivity index (χ1n) is 7.85. The van der Waals surface area contributed by atoms with Gasteiger partial charge in [0.2, 0.25) is 0 Å². The average molecular weight is 356 g/mol. The maximum Gasteiger partial charge on any atom is 0.306 e. The van der Waals surface area contributed by atoms with Gasteiger partial charge in [0.15, 0.2) is 15.6 Å². The van der Waals surface area contributed by atoms with E-state index >= 15 is 0 Å². The number of hydrogen-bond donors (Lipinski definition) is 1. The highest BCUT2D eigenvalue weighted by atomic mass is 32.2. The van der Waals surface area contributed by atoms with E-state index in [9.17, 15) is 23.1 Å². The van der Waals surface area contributed by atoms with Crippen molar-refractivity contribution in [1.29, 1.82) is 0 Å². The first-order valence-corrected chi connectivity index (χ1v) is 9.40. The average Bonchev–Trinajstić information content (AvgIpc) is 2.50. The van der Waals surface area contributed by atoms with Gasteiger partial charge in [0, 0.05) is 6.42 Å². The Morgan fingerprint density at radius 1 is 1.17 bits per heavy atom. The summed E-state index contributed by atoms with van der Waals surface area (Å²) in [6.07, 6.45) is -1.58. The second-order valence-electron chi connectivity index (χ2n) is 5.70. The summed E-state index contributed by atoms with van der Waals surface area (Å²) in [5.41, 5.74) is 0.898. The minimum Gasteiger partial charge on any atom is -0.466 e. The summed E-state index contributed by atoms with van der Waals surface area (Å²) in [4.78, 5) is 23.8. The van der Waals surface area contributed by atoms with Crippen molar-refractivity contribution in [3.05, 3.63) is 29.8 Å². The number of aliphatic hydroxyl groups is 1. The molecule has 134 valence electrons. The molecule has 0 bridgehead atoms. The van der Waals surface area contributed by atoms with Gasteiger partial charge in [0.1, 0.15) is 5.25 Å². The molecule has 1 aromatic rings. The third-order valence-electron chi connectivity index (χ3n) is 3.52. The predicted octanol–water partition coefficient (Wildman–Crippen LogP) is 1.82. The van der Waals surface area contributed by atoms with Gasteiger partial charge in [-0.15, -0.1) is 0 Å². The lowest BCUT2D eigenvalue weighted by Crippen LogP contribution is -2.34. The number of benzene rings is 1. The van der Waals surface area contributed by atoms with Crippen LogP contribution in [0, 0.1) is 6.92 Å². The van der Waals surface area contributed by atoms with Crippen molar-refractivity contribution >= 4 is 21.6 Å². The minimum atomic E-state index is -3.93. The molecule has 0 heterocycles. The Morgan fingerprint density at radius 2 is 1.75 bits per heavy atom. The molecule has 0 fully saturated rings. The Morgan fingerprint density at radius 3 is 2.25 bits per heavy atom. The maximum atomic E-state index is 12.7. The molecule has 0 saturated heterocycles. The van der Waals surface area contributed by atoms with Gasteiger partial charge in [-0.2, -0.15) is 0 Å². The summed E-state index contributed by atoms with van der Waals surface area (Å²) in [7, 11) is -3.93. The van der Waals surface area contributed by atoms with Crippen LogP contribution in [0.25, 0.3) is 0 Å². The fourth-order valence-corrected chi connectivity index (χ4v) is 4.09. The van der Waals surface area contributed by atoms with E-state index in [1.54, 1.807) is 19.1 Å². The van der Waals surface area contributed by atoms with Gasteiger partial charge in [0.05, 0.1) is 24.0 Å². The molecule has 0 aliphatic carbocycles. The van der Waals surface area contributed by atoms with E-state index in [2.05, 4.69) is 0 Å². The van der Waals surface area contributed by atoms with Crippen molar-refractivity contribution in [3.63, 3.8) is 0 Å². The molecule has 1 aromatic carbocycles. The van der Waals surface area contributed by atoms with Crippen LogP contribution in [-0.2, 0) is 24.2 Å². The summed E-state index contributed by atoms with van der Waals surface area (Å²) >= 11 is 0. The molecular weight excluding hydrogens is 332 g/mol. The molecule has 24 heavy (non-hydrogen) atoms. The number of hydrogen-bond acceptors (Lipinski definition) is 6.